The van der Waals surface area contributed by atoms with Crippen LogP contribution < -0.4 is 5.73 Å². The molecule has 1 aromatic carbocycles. The lowest BCUT2D eigenvalue weighted by Crippen LogP contribution is -2.34. The number of rotatable bonds is 2. The van der Waals surface area contributed by atoms with E-state index in [0.29, 0.717) is 11.3 Å². The second-order valence-corrected chi connectivity index (χ2v) is 5.80. The molecule has 0 aromatic heterocycles. The number of amides is 1. The minimum atomic E-state index is 0. The van der Waals surface area contributed by atoms with Gasteiger partial charge in [-0.05, 0) is 30.0 Å². The van der Waals surface area contributed by atoms with Crippen molar-refractivity contribution in [1.29, 1.82) is 0 Å². The highest BCUT2D eigenvalue weighted by atomic mass is 35.5. The number of hydrogen-bond acceptors (Lipinski definition) is 2. The van der Waals surface area contributed by atoms with Crippen LogP contribution in [0.15, 0.2) is 18.2 Å². The third-order valence-electron chi connectivity index (χ3n) is 2.55. The van der Waals surface area contributed by atoms with Gasteiger partial charge in [0.15, 0.2) is 0 Å². The summed E-state index contributed by atoms with van der Waals surface area (Å²) in [5.74, 6) is 0.0322. The summed E-state index contributed by atoms with van der Waals surface area (Å²) in [5, 5.41) is 0. The zero-order valence-corrected chi connectivity index (χ0v) is 12.6. The fourth-order valence-electron chi connectivity index (χ4n) is 1.86. The van der Waals surface area contributed by atoms with Crippen molar-refractivity contribution in [2.75, 3.05) is 19.3 Å². The summed E-state index contributed by atoms with van der Waals surface area (Å²) in [6, 6.07) is 5.44. The maximum Gasteiger partial charge on any atom is 0.253 e. The predicted octanol–water partition coefficient (Wildman–Crippen LogP) is 3.12. The Balaban J connectivity index is 0.00000289. The van der Waals surface area contributed by atoms with Gasteiger partial charge in [-0.1, -0.05) is 26.8 Å². The van der Waals surface area contributed by atoms with Gasteiger partial charge >= 0.3 is 0 Å². The van der Waals surface area contributed by atoms with E-state index in [1.807, 2.05) is 26.1 Å². The molecule has 0 radical (unpaired) electrons. The first-order valence-corrected chi connectivity index (χ1v) is 5.82. The molecule has 18 heavy (non-hydrogen) atoms. The van der Waals surface area contributed by atoms with Crippen molar-refractivity contribution in [1.82, 2.24) is 4.90 Å². The van der Waals surface area contributed by atoms with E-state index >= 15 is 0 Å². The van der Waals surface area contributed by atoms with Crippen LogP contribution in [0.4, 0.5) is 5.69 Å². The van der Waals surface area contributed by atoms with Crippen LogP contribution in [0.2, 0.25) is 0 Å². The van der Waals surface area contributed by atoms with Gasteiger partial charge in [-0.15, -0.1) is 12.4 Å². The summed E-state index contributed by atoms with van der Waals surface area (Å²) in [5.41, 5.74) is 8.10. The van der Waals surface area contributed by atoms with Crippen LogP contribution in [-0.4, -0.2) is 24.4 Å². The van der Waals surface area contributed by atoms with Crippen LogP contribution >= 0.6 is 12.4 Å². The molecule has 0 aliphatic rings. The van der Waals surface area contributed by atoms with Gasteiger partial charge in [0.1, 0.15) is 0 Å². The molecule has 1 aromatic rings. The second-order valence-electron chi connectivity index (χ2n) is 5.80. The fourth-order valence-corrected chi connectivity index (χ4v) is 1.86. The first-order chi connectivity index (χ1) is 7.70. The normalized spacial score (nSPS) is 10.7. The first-order valence-electron chi connectivity index (χ1n) is 5.82. The molecule has 0 fully saturated rings. The van der Waals surface area contributed by atoms with Crippen LogP contribution in [0.3, 0.4) is 0 Å². The highest BCUT2D eigenvalue weighted by Gasteiger charge is 2.20. The van der Waals surface area contributed by atoms with Crippen molar-refractivity contribution in [3.63, 3.8) is 0 Å². The summed E-state index contributed by atoms with van der Waals surface area (Å²) in [4.78, 5) is 14.0. The topological polar surface area (TPSA) is 46.3 Å². The summed E-state index contributed by atoms with van der Waals surface area (Å²) in [6.45, 7) is 8.99. The molecule has 0 spiro atoms. The lowest BCUT2D eigenvalue weighted by molar-refractivity contribution is 0.0745. The summed E-state index contributed by atoms with van der Waals surface area (Å²) in [7, 11) is 1.83. The van der Waals surface area contributed by atoms with Gasteiger partial charge in [-0.2, -0.15) is 0 Å². The zero-order chi connectivity index (χ0) is 13.2. The van der Waals surface area contributed by atoms with Crippen molar-refractivity contribution in [2.45, 2.75) is 27.7 Å². The smallest absolute Gasteiger partial charge is 0.253 e. The SMILES string of the molecule is Cc1ccc(N)cc1C(=O)N(C)CC(C)(C)C.Cl. The van der Waals surface area contributed by atoms with Crippen LogP contribution in [0.1, 0.15) is 36.7 Å². The Kier molecular flexibility index (Phi) is 5.68. The average Bonchev–Trinajstić information content (AvgIpc) is 2.18. The molecule has 0 aliphatic heterocycles. The standard InChI is InChI=1S/C14H22N2O.ClH/c1-10-6-7-11(15)8-12(10)13(17)16(5)9-14(2,3)4;/h6-8H,9,15H2,1-5H3;1H. The molecule has 1 rings (SSSR count). The molecular formula is C14H23ClN2O. The summed E-state index contributed by atoms with van der Waals surface area (Å²) < 4.78 is 0. The second kappa shape index (κ2) is 6.10. The molecule has 0 unspecified atom stereocenters. The van der Waals surface area contributed by atoms with Gasteiger partial charge in [0.05, 0.1) is 0 Å². The molecule has 1 amide bonds. The molecule has 2 N–H and O–H groups in total. The summed E-state index contributed by atoms with van der Waals surface area (Å²) >= 11 is 0. The lowest BCUT2D eigenvalue weighted by atomic mass is 9.95. The van der Waals surface area contributed by atoms with E-state index in [1.54, 1.807) is 11.0 Å². The van der Waals surface area contributed by atoms with Gasteiger partial charge in [-0.3, -0.25) is 4.79 Å². The quantitative estimate of drug-likeness (QED) is 0.840. The Bertz CT molecular complexity index is 424. The Morgan fingerprint density at radius 3 is 2.39 bits per heavy atom. The van der Waals surface area contributed by atoms with E-state index in [1.165, 1.54) is 0 Å². The number of hydrogen-bond donors (Lipinski definition) is 1. The van der Waals surface area contributed by atoms with Gasteiger partial charge in [0.2, 0.25) is 0 Å². The number of halogens is 1. The van der Waals surface area contributed by atoms with Crippen LogP contribution in [0, 0.1) is 12.3 Å². The average molecular weight is 271 g/mol. The Labute approximate surface area is 116 Å². The van der Waals surface area contributed by atoms with E-state index in [2.05, 4.69) is 20.8 Å². The highest BCUT2D eigenvalue weighted by Crippen LogP contribution is 2.18. The monoisotopic (exact) mass is 270 g/mol. The molecule has 102 valence electrons. The molecule has 4 heteroatoms. The van der Waals surface area contributed by atoms with Crippen molar-refractivity contribution in [3.05, 3.63) is 29.3 Å². The minimum Gasteiger partial charge on any atom is -0.399 e. The number of nitrogens with two attached hydrogens (primary N) is 1. The summed E-state index contributed by atoms with van der Waals surface area (Å²) in [6.07, 6.45) is 0. The van der Waals surface area contributed by atoms with Crippen molar-refractivity contribution < 1.29 is 4.79 Å². The van der Waals surface area contributed by atoms with Crippen LogP contribution in [0.5, 0.6) is 0 Å². The zero-order valence-electron chi connectivity index (χ0n) is 11.8. The van der Waals surface area contributed by atoms with Crippen molar-refractivity contribution in [2.24, 2.45) is 5.41 Å². The molecule has 0 saturated carbocycles. The van der Waals surface area contributed by atoms with E-state index in [0.717, 1.165) is 12.1 Å². The van der Waals surface area contributed by atoms with Gasteiger partial charge in [-0.25, -0.2) is 0 Å². The fraction of sp³-hybridized carbons (Fsp3) is 0.500. The molecule has 0 bridgehead atoms. The third kappa shape index (κ3) is 4.57. The number of aryl methyl sites for hydroxylation is 1. The van der Waals surface area contributed by atoms with Crippen LogP contribution in [-0.2, 0) is 0 Å². The lowest BCUT2D eigenvalue weighted by Gasteiger charge is -2.27. The first kappa shape index (κ1) is 16.8. The molecule has 3 nitrogen and oxygen atoms in total. The molecule has 0 saturated heterocycles. The van der Waals surface area contributed by atoms with Gasteiger partial charge in [0, 0.05) is 24.8 Å². The number of nitrogens with zero attached hydrogens (tertiary/aromatic N) is 1. The van der Waals surface area contributed by atoms with Crippen molar-refractivity contribution >= 4 is 24.0 Å². The third-order valence-corrected chi connectivity index (χ3v) is 2.55. The Morgan fingerprint density at radius 2 is 1.89 bits per heavy atom. The minimum absolute atomic E-state index is 0. The largest absolute Gasteiger partial charge is 0.399 e. The Hall–Kier alpha value is -1.22. The molecule has 0 atom stereocenters. The molecule has 0 heterocycles. The predicted molar refractivity (Wildman–Crippen MR) is 79.3 cm³/mol. The van der Waals surface area contributed by atoms with E-state index in [4.69, 9.17) is 5.73 Å². The van der Waals surface area contributed by atoms with Crippen molar-refractivity contribution in [3.8, 4) is 0 Å². The molecule has 0 aliphatic carbocycles. The van der Waals surface area contributed by atoms with E-state index in [9.17, 15) is 4.79 Å². The van der Waals surface area contributed by atoms with Crippen LogP contribution in [0.25, 0.3) is 0 Å². The number of benzene rings is 1. The maximum absolute atomic E-state index is 12.3. The van der Waals surface area contributed by atoms with Gasteiger partial charge < -0.3 is 10.6 Å². The van der Waals surface area contributed by atoms with E-state index in [-0.39, 0.29) is 23.7 Å². The number of carbonyl (C=O) groups excluding carboxylic acids is 1. The highest BCUT2D eigenvalue weighted by molar-refractivity contribution is 5.96. The Morgan fingerprint density at radius 1 is 1.33 bits per heavy atom. The van der Waals surface area contributed by atoms with Gasteiger partial charge in [0.25, 0.3) is 5.91 Å². The number of anilines is 1. The number of carbonyl (C=O) groups is 1. The maximum atomic E-state index is 12.3. The number of nitrogen functional groups attached to an aromatic ring is 1. The molecular weight excluding hydrogens is 248 g/mol. The van der Waals surface area contributed by atoms with E-state index < -0.39 is 0 Å².